The number of alkyl halides is 1. The highest BCUT2D eigenvalue weighted by atomic mass is 19.1. The van der Waals surface area contributed by atoms with Gasteiger partial charge in [0.05, 0.1) is 0 Å². The number of halogens is 1. The molecule has 0 bridgehead atoms. The predicted octanol–water partition coefficient (Wildman–Crippen LogP) is 2.17. The van der Waals surface area contributed by atoms with Gasteiger partial charge in [-0.05, 0) is 5.92 Å². The Balaban J connectivity index is 3.08. The Hall–Kier alpha value is -0.330. The molecule has 0 fully saturated rings. The molecule has 0 saturated heterocycles. The lowest BCUT2D eigenvalue weighted by atomic mass is 10.2. The summed E-state index contributed by atoms with van der Waals surface area (Å²) in [5.74, 6) is 0.482. The number of rotatable bonds is 2. The molecule has 0 aromatic heterocycles. The predicted molar refractivity (Wildman–Crippen MR) is 30.0 cm³/mol. The molecule has 0 aliphatic heterocycles. The van der Waals surface area contributed by atoms with E-state index in [2.05, 4.69) is 0 Å². The first-order valence-corrected chi connectivity index (χ1v) is 2.50. The van der Waals surface area contributed by atoms with Crippen molar-refractivity contribution in [2.45, 2.75) is 13.8 Å². The Labute approximate surface area is 44.0 Å². The minimum atomic E-state index is -0.335. The van der Waals surface area contributed by atoms with Crippen molar-refractivity contribution >= 4 is 0 Å². The molecule has 0 rings (SSSR count). The van der Waals surface area contributed by atoms with Crippen LogP contribution in [0.3, 0.4) is 0 Å². The van der Waals surface area contributed by atoms with Gasteiger partial charge in [-0.15, -0.1) is 0 Å². The molecule has 1 heteroatoms. The Bertz CT molecular complexity index is 55.2. The van der Waals surface area contributed by atoms with Crippen LogP contribution in [0.4, 0.5) is 4.39 Å². The molecule has 7 heavy (non-hydrogen) atoms. The standard InChI is InChI=1S/C6H11F/c1-6(2)4-3-5-7/h3-4,6H,5H2,1-2H3/b4-3-. The summed E-state index contributed by atoms with van der Waals surface area (Å²) in [6.07, 6.45) is 3.38. The third-order valence-corrected chi connectivity index (χ3v) is 0.610. The van der Waals surface area contributed by atoms with E-state index >= 15 is 0 Å². The molecule has 0 heterocycles. The van der Waals surface area contributed by atoms with Gasteiger partial charge in [0.25, 0.3) is 0 Å². The van der Waals surface area contributed by atoms with E-state index in [0.717, 1.165) is 0 Å². The zero-order chi connectivity index (χ0) is 5.70. The highest BCUT2D eigenvalue weighted by molar-refractivity contribution is 4.83. The SMILES string of the molecule is CC(C)/C=C\CF. The first-order chi connectivity index (χ1) is 3.27. The van der Waals surface area contributed by atoms with Crippen LogP contribution in [0.1, 0.15) is 13.8 Å². The van der Waals surface area contributed by atoms with Gasteiger partial charge in [0.15, 0.2) is 0 Å². The molecular formula is C6H11F. The second-order valence-corrected chi connectivity index (χ2v) is 1.83. The quantitative estimate of drug-likeness (QED) is 0.469. The highest BCUT2D eigenvalue weighted by Gasteiger charge is 1.79. The third kappa shape index (κ3) is 5.67. The van der Waals surface area contributed by atoms with Gasteiger partial charge in [-0.2, -0.15) is 0 Å². The fourth-order valence-electron chi connectivity index (χ4n) is 0.324. The molecule has 0 nitrogen and oxygen atoms in total. The smallest absolute Gasteiger partial charge is 0.108 e. The van der Waals surface area contributed by atoms with Gasteiger partial charge in [-0.1, -0.05) is 26.0 Å². The van der Waals surface area contributed by atoms with E-state index in [4.69, 9.17) is 0 Å². The van der Waals surface area contributed by atoms with Crippen LogP contribution in [-0.4, -0.2) is 6.67 Å². The molecule has 0 N–H and O–H groups in total. The maximum absolute atomic E-state index is 11.3. The minimum absolute atomic E-state index is 0.335. The van der Waals surface area contributed by atoms with Gasteiger partial charge in [-0.3, -0.25) is 0 Å². The van der Waals surface area contributed by atoms with Crippen molar-refractivity contribution in [2.75, 3.05) is 6.67 Å². The van der Waals surface area contributed by atoms with Crippen LogP contribution >= 0.6 is 0 Å². The third-order valence-electron chi connectivity index (χ3n) is 0.610. The number of hydrogen-bond donors (Lipinski definition) is 0. The summed E-state index contributed by atoms with van der Waals surface area (Å²) < 4.78 is 11.3. The van der Waals surface area contributed by atoms with Crippen LogP contribution in [0.2, 0.25) is 0 Å². The zero-order valence-electron chi connectivity index (χ0n) is 4.82. The molecule has 0 amide bonds. The molecular weight excluding hydrogens is 91.1 g/mol. The summed E-state index contributed by atoms with van der Waals surface area (Å²) in [6.45, 7) is 3.70. The Morgan fingerprint density at radius 2 is 2.14 bits per heavy atom. The van der Waals surface area contributed by atoms with Crippen LogP contribution in [0, 0.1) is 5.92 Å². The lowest BCUT2D eigenvalue weighted by molar-refractivity contribution is 0.559. The van der Waals surface area contributed by atoms with Gasteiger partial charge in [0.1, 0.15) is 6.67 Å². The maximum atomic E-state index is 11.3. The molecule has 0 aromatic rings. The average molecular weight is 102 g/mol. The molecule has 0 aliphatic rings. The van der Waals surface area contributed by atoms with Crippen molar-refractivity contribution in [1.82, 2.24) is 0 Å². The van der Waals surface area contributed by atoms with Gasteiger partial charge in [-0.25, -0.2) is 4.39 Å². The Morgan fingerprint density at radius 1 is 1.57 bits per heavy atom. The summed E-state index contributed by atoms with van der Waals surface area (Å²) in [5.41, 5.74) is 0. The maximum Gasteiger partial charge on any atom is 0.108 e. The highest BCUT2D eigenvalue weighted by Crippen LogP contribution is 1.91. The second kappa shape index (κ2) is 3.85. The molecule has 42 valence electrons. The topological polar surface area (TPSA) is 0 Å². The van der Waals surface area contributed by atoms with Crippen LogP contribution in [-0.2, 0) is 0 Å². The monoisotopic (exact) mass is 102 g/mol. The summed E-state index contributed by atoms with van der Waals surface area (Å²) in [6, 6.07) is 0. The summed E-state index contributed by atoms with van der Waals surface area (Å²) in [4.78, 5) is 0. The second-order valence-electron chi connectivity index (χ2n) is 1.83. The normalized spacial score (nSPS) is 11.4. The van der Waals surface area contributed by atoms with Crippen LogP contribution in [0.25, 0.3) is 0 Å². The molecule has 0 unspecified atom stereocenters. The summed E-state index contributed by atoms with van der Waals surface area (Å²) in [7, 11) is 0. The van der Waals surface area contributed by atoms with Crippen molar-refractivity contribution in [3.63, 3.8) is 0 Å². The minimum Gasteiger partial charge on any atom is -0.247 e. The molecule has 0 aromatic carbocycles. The summed E-state index contributed by atoms with van der Waals surface area (Å²) in [5, 5.41) is 0. The Kier molecular flexibility index (Phi) is 3.67. The van der Waals surface area contributed by atoms with E-state index in [1.165, 1.54) is 6.08 Å². The lowest BCUT2D eigenvalue weighted by Gasteiger charge is -1.88. The Morgan fingerprint density at radius 3 is 2.29 bits per heavy atom. The number of allylic oxidation sites excluding steroid dienone is 2. The first-order valence-electron chi connectivity index (χ1n) is 2.50. The van der Waals surface area contributed by atoms with Crippen molar-refractivity contribution in [3.05, 3.63) is 12.2 Å². The van der Waals surface area contributed by atoms with E-state index in [1.807, 2.05) is 19.9 Å². The van der Waals surface area contributed by atoms with Crippen molar-refractivity contribution in [1.29, 1.82) is 0 Å². The molecule has 0 spiro atoms. The van der Waals surface area contributed by atoms with E-state index in [9.17, 15) is 4.39 Å². The largest absolute Gasteiger partial charge is 0.247 e. The number of hydrogen-bond acceptors (Lipinski definition) is 0. The van der Waals surface area contributed by atoms with E-state index < -0.39 is 0 Å². The van der Waals surface area contributed by atoms with Gasteiger partial charge in [0, 0.05) is 0 Å². The van der Waals surface area contributed by atoms with Crippen molar-refractivity contribution in [2.24, 2.45) is 5.92 Å². The molecule has 0 atom stereocenters. The van der Waals surface area contributed by atoms with Crippen LogP contribution < -0.4 is 0 Å². The molecule has 0 aliphatic carbocycles. The lowest BCUT2D eigenvalue weighted by Crippen LogP contribution is -1.76. The van der Waals surface area contributed by atoms with E-state index in [1.54, 1.807) is 0 Å². The van der Waals surface area contributed by atoms with Crippen molar-refractivity contribution < 1.29 is 4.39 Å². The fourth-order valence-corrected chi connectivity index (χ4v) is 0.324. The van der Waals surface area contributed by atoms with E-state index in [0.29, 0.717) is 5.92 Å². The van der Waals surface area contributed by atoms with Crippen LogP contribution in [0.5, 0.6) is 0 Å². The van der Waals surface area contributed by atoms with E-state index in [-0.39, 0.29) is 6.67 Å². The van der Waals surface area contributed by atoms with Gasteiger partial charge >= 0.3 is 0 Å². The average Bonchev–Trinajstić information content (AvgIpc) is 1.61. The summed E-state index contributed by atoms with van der Waals surface area (Å²) >= 11 is 0. The van der Waals surface area contributed by atoms with Crippen LogP contribution in [0.15, 0.2) is 12.2 Å². The van der Waals surface area contributed by atoms with Gasteiger partial charge in [0.2, 0.25) is 0 Å². The first kappa shape index (κ1) is 6.67. The molecule has 0 saturated carbocycles. The zero-order valence-corrected chi connectivity index (χ0v) is 4.82. The van der Waals surface area contributed by atoms with Crippen molar-refractivity contribution in [3.8, 4) is 0 Å². The van der Waals surface area contributed by atoms with Gasteiger partial charge < -0.3 is 0 Å². The molecule has 0 radical (unpaired) electrons. The fraction of sp³-hybridized carbons (Fsp3) is 0.667.